The van der Waals surface area contributed by atoms with Crippen molar-refractivity contribution in [3.8, 4) is 22.5 Å². The van der Waals surface area contributed by atoms with Crippen LogP contribution in [0.25, 0.3) is 42.7 Å². The molecule has 0 saturated carbocycles. The fourth-order valence-corrected chi connectivity index (χ4v) is 6.14. The van der Waals surface area contributed by atoms with Crippen LogP contribution in [0.5, 0.6) is 0 Å². The largest absolute Gasteiger partial charge is 0.305 e. The number of benzene rings is 4. The van der Waals surface area contributed by atoms with Gasteiger partial charge in [0, 0.05) is 42.6 Å². The van der Waals surface area contributed by atoms with Crippen LogP contribution in [0.1, 0.15) is 25.0 Å². The summed E-state index contributed by atoms with van der Waals surface area (Å²) in [7, 11) is 0. The van der Waals surface area contributed by atoms with Crippen LogP contribution in [0.2, 0.25) is 0 Å². The van der Waals surface area contributed by atoms with Crippen molar-refractivity contribution in [2.45, 2.75) is 19.3 Å². The zero-order valence-corrected chi connectivity index (χ0v) is 26.0. The summed E-state index contributed by atoms with van der Waals surface area (Å²) in [6.07, 6.45) is 3.71. The first-order valence-electron chi connectivity index (χ1n) is 13.3. The van der Waals surface area contributed by atoms with E-state index in [1.165, 1.54) is 31.3 Å². The van der Waals surface area contributed by atoms with Gasteiger partial charge in [0.05, 0.1) is 0 Å². The van der Waals surface area contributed by atoms with Gasteiger partial charge in [0.15, 0.2) is 0 Å². The standard InChI is InChI=1S/C20H18N.C17H10NS.Ir/c1-20(2,17-11-7-4-8-12-17)18-13-14-21-19(15-18)16-9-5-3-6-10-16;1-2-10-16-12(6-1)13-7-5-8-14(17(13)19-16)15-9-3-4-11-18-15;/h3-9,11-15H,1-2H3;1-7,9-11H;/q2*-1;. The smallest absolute Gasteiger partial charge is 0.0239 e. The maximum Gasteiger partial charge on any atom is 0.0239 e. The Labute approximate surface area is 259 Å². The van der Waals surface area contributed by atoms with E-state index in [4.69, 9.17) is 0 Å². The third-order valence-electron chi connectivity index (χ3n) is 7.22. The number of aromatic nitrogens is 2. The monoisotopic (exact) mass is 725 g/mol. The van der Waals surface area contributed by atoms with E-state index in [0.717, 1.165) is 22.5 Å². The Morgan fingerprint density at radius 2 is 1.37 bits per heavy atom. The zero-order valence-electron chi connectivity index (χ0n) is 22.8. The molecule has 1 radical (unpaired) electrons. The van der Waals surface area contributed by atoms with E-state index in [0.29, 0.717) is 0 Å². The van der Waals surface area contributed by atoms with Crippen molar-refractivity contribution in [3.63, 3.8) is 0 Å². The summed E-state index contributed by atoms with van der Waals surface area (Å²) in [4.78, 5) is 8.93. The molecule has 0 aliphatic rings. The Morgan fingerprint density at radius 1 is 0.610 bits per heavy atom. The van der Waals surface area contributed by atoms with Gasteiger partial charge < -0.3 is 9.97 Å². The van der Waals surface area contributed by atoms with E-state index in [1.54, 1.807) is 0 Å². The van der Waals surface area contributed by atoms with Gasteiger partial charge in [-0.25, -0.2) is 0 Å². The Kier molecular flexibility index (Phi) is 8.85. The molecule has 0 amide bonds. The minimum absolute atomic E-state index is 0. The SMILES string of the molecule is CC(C)(c1ccccc1)c1ccnc(-c2[c-]cccc2)c1.[Ir].[c-]1ccc2c(sc3ccccc32)c1-c1ccccn1. The Bertz CT molecular complexity index is 1860. The molecule has 0 fully saturated rings. The van der Waals surface area contributed by atoms with Crippen molar-refractivity contribution in [2.75, 3.05) is 0 Å². The second-order valence-corrected chi connectivity index (χ2v) is 11.2. The number of pyridine rings is 2. The van der Waals surface area contributed by atoms with Crippen LogP contribution in [-0.4, -0.2) is 9.97 Å². The van der Waals surface area contributed by atoms with Crippen molar-refractivity contribution in [1.29, 1.82) is 0 Å². The number of hydrogen-bond acceptors (Lipinski definition) is 3. The minimum Gasteiger partial charge on any atom is -0.305 e. The summed E-state index contributed by atoms with van der Waals surface area (Å²) in [5, 5.41) is 2.61. The van der Waals surface area contributed by atoms with E-state index in [1.807, 2.05) is 72.3 Å². The van der Waals surface area contributed by atoms with Crippen molar-refractivity contribution in [2.24, 2.45) is 0 Å². The number of fused-ring (bicyclic) bond motifs is 3. The average molecular weight is 725 g/mol. The van der Waals surface area contributed by atoms with Gasteiger partial charge in [0.25, 0.3) is 0 Å². The number of thiophene rings is 1. The fourth-order valence-electron chi connectivity index (χ4n) is 4.93. The fraction of sp³-hybridized carbons (Fsp3) is 0.0811. The quantitative estimate of drug-likeness (QED) is 0.169. The first-order chi connectivity index (χ1) is 19.6. The van der Waals surface area contributed by atoms with E-state index < -0.39 is 0 Å². The molecule has 7 aromatic rings. The van der Waals surface area contributed by atoms with Gasteiger partial charge >= 0.3 is 0 Å². The van der Waals surface area contributed by atoms with E-state index in [9.17, 15) is 0 Å². The topological polar surface area (TPSA) is 25.8 Å². The molecule has 0 bridgehead atoms. The van der Waals surface area contributed by atoms with Crippen molar-refractivity contribution >= 4 is 31.5 Å². The number of rotatable bonds is 4. The molecule has 0 spiro atoms. The van der Waals surface area contributed by atoms with E-state index >= 15 is 0 Å². The van der Waals surface area contributed by atoms with Crippen LogP contribution >= 0.6 is 11.3 Å². The molecule has 4 aromatic carbocycles. The molecule has 2 nitrogen and oxygen atoms in total. The Hall–Kier alpha value is -3.95. The number of nitrogens with zero attached hydrogens (tertiary/aromatic N) is 2. The molecule has 0 N–H and O–H groups in total. The summed E-state index contributed by atoms with van der Waals surface area (Å²) in [6, 6.07) is 48.0. The van der Waals surface area contributed by atoms with Crippen LogP contribution in [0.4, 0.5) is 0 Å². The molecule has 3 heterocycles. The molecule has 3 aromatic heterocycles. The van der Waals surface area contributed by atoms with Gasteiger partial charge in [-0.1, -0.05) is 86.0 Å². The van der Waals surface area contributed by atoms with Gasteiger partial charge in [0.2, 0.25) is 0 Å². The van der Waals surface area contributed by atoms with Crippen LogP contribution in [0, 0.1) is 12.1 Å². The first-order valence-corrected chi connectivity index (χ1v) is 14.2. The zero-order chi connectivity index (χ0) is 27.4. The molecular weight excluding hydrogens is 697 g/mol. The summed E-state index contributed by atoms with van der Waals surface area (Å²) in [5.74, 6) is 0. The minimum atomic E-state index is -0.0479. The molecule has 0 saturated heterocycles. The summed E-state index contributed by atoms with van der Waals surface area (Å²) in [5.41, 5.74) is 6.60. The maximum absolute atomic E-state index is 4.49. The predicted octanol–water partition coefficient (Wildman–Crippen LogP) is 9.79. The van der Waals surface area contributed by atoms with Crippen LogP contribution < -0.4 is 0 Å². The van der Waals surface area contributed by atoms with Crippen LogP contribution in [-0.2, 0) is 25.5 Å². The van der Waals surface area contributed by atoms with E-state index in [2.05, 4.69) is 109 Å². The molecule has 7 rings (SSSR count). The second kappa shape index (κ2) is 12.7. The molecule has 203 valence electrons. The summed E-state index contributed by atoms with van der Waals surface area (Å²) < 4.78 is 2.58. The molecule has 0 aliphatic carbocycles. The Balaban J connectivity index is 0.000000161. The summed E-state index contributed by atoms with van der Waals surface area (Å²) >= 11 is 1.81. The molecule has 41 heavy (non-hydrogen) atoms. The van der Waals surface area contributed by atoms with Gasteiger partial charge in [-0.3, -0.25) is 0 Å². The normalized spacial score (nSPS) is 11.0. The van der Waals surface area contributed by atoms with Gasteiger partial charge in [-0.2, -0.15) is 11.3 Å². The van der Waals surface area contributed by atoms with Crippen LogP contribution in [0.15, 0.2) is 134 Å². The second-order valence-electron chi connectivity index (χ2n) is 10.1. The first kappa shape index (κ1) is 28.6. The van der Waals surface area contributed by atoms with Crippen LogP contribution in [0.3, 0.4) is 0 Å². The van der Waals surface area contributed by atoms with Gasteiger partial charge in [0.1, 0.15) is 0 Å². The third kappa shape index (κ3) is 6.06. The van der Waals surface area contributed by atoms with Gasteiger partial charge in [-0.15, -0.1) is 59.7 Å². The molecule has 0 unspecified atom stereocenters. The maximum atomic E-state index is 4.49. The Morgan fingerprint density at radius 3 is 2.15 bits per heavy atom. The molecule has 4 heteroatoms. The molecular formula is C37H28IrN2S-2. The number of hydrogen-bond donors (Lipinski definition) is 0. The van der Waals surface area contributed by atoms with Crippen molar-refractivity contribution < 1.29 is 20.1 Å². The van der Waals surface area contributed by atoms with Crippen molar-refractivity contribution in [1.82, 2.24) is 9.97 Å². The van der Waals surface area contributed by atoms with E-state index in [-0.39, 0.29) is 25.5 Å². The summed E-state index contributed by atoms with van der Waals surface area (Å²) in [6.45, 7) is 4.49. The third-order valence-corrected chi connectivity index (χ3v) is 8.43. The predicted molar refractivity (Wildman–Crippen MR) is 168 cm³/mol. The molecule has 0 atom stereocenters. The van der Waals surface area contributed by atoms with Crippen molar-refractivity contribution in [3.05, 3.63) is 157 Å². The molecule has 0 aliphatic heterocycles. The average Bonchev–Trinajstić information content (AvgIpc) is 3.42. The van der Waals surface area contributed by atoms with Gasteiger partial charge in [-0.05, 0) is 50.8 Å².